The van der Waals surface area contributed by atoms with Crippen LogP contribution in [0.4, 0.5) is 0 Å². The Bertz CT molecular complexity index is 989. The van der Waals surface area contributed by atoms with Gasteiger partial charge in [0.25, 0.3) is 10.1 Å². The molecule has 10 nitrogen and oxygen atoms in total. The number of benzene rings is 1. The van der Waals surface area contributed by atoms with Gasteiger partial charge < -0.3 is 20.1 Å². The number of aliphatic hydroxyl groups excluding tert-OH is 1. The summed E-state index contributed by atoms with van der Waals surface area (Å²) in [6.45, 7) is 4.33. The van der Waals surface area contributed by atoms with Gasteiger partial charge in [0.15, 0.2) is 40.8 Å². The lowest BCUT2D eigenvalue weighted by Crippen LogP contribution is -2.80. The zero-order valence-corrected chi connectivity index (χ0v) is 19.5. The molecule has 2 unspecified atom stereocenters. The second kappa shape index (κ2) is 8.77. The molecule has 0 amide bonds. The molecule has 31 heavy (non-hydrogen) atoms. The van der Waals surface area contributed by atoms with Crippen molar-refractivity contribution in [3.63, 3.8) is 0 Å². The summed E-state index contributed by atoms with van der Waals surface area (Å²) in [5, 5.41) is 30.4. The Hall–Kier alpha value is -1.54. The maximum Gasteiger partial charge on any atom is 0.297 e. The van der Waals surface area contributed by atoms with E-state index in [2.05, 4.69) is 15.9 Å². The van der Waals surface area contributed by atoms with Gasteiger partial charge in [-0.05, 0) is 39.8 Å². The summed E-state index contributed by atoms with van der Waals surface area (Å²) in [5.41, 5.74) is -5.72. The number of carbonyl (C=O) groups excluding carboxylic acids is 3. The van der Waals surface area contributed by atoms with Crippen molar-refractivity contribution < 1.29 is 47.0 Å². The van der Waals surface area contributed by atoms with E-state index in [-0.39, 0.29) is 4.90 Å². The number of ketones is 3. The molecule has 2 rings (SSSR count). The first-order chi connectivity index (χ1) is 14.1. The van der Waals surface area contributed by atoms with Crippen molar-refractivity contribution >= 4 is 43.4 Å². The molecule has 3 N–H and O–H groups in total. The number of ether oxygens (including phenoxy) is 1. The second-order valence-electron chi connectivity index (χ2n) is 7.37. The van der Waals surface area contributed by atoms with Crippen LogP contribution >= 0.6 is 15.9 Å². The van der Waals surface area contributed by atoms with Crippen LogP contribution in [-0.4, -0.2) is 75.6 Å². The molecule has 0 aromatic heterocycles. The normalized spacial score (nSPS) is 32.3. The molecular formula is C19H23BrO10S. The highest BCUT2D eigenvalue weighted by atomic mass is 79.9. The van der Waals surface area contributed by atoms with Gasteiger partial charge in [-0.25, -0.2) is 0 Å². The van der Waals surface area contributed by atoms with Gasteiger partial charge in [-0.15, -0.1) is 0 Å². The van der Waals surface area contributed by atoms with Crippen molar-refractivity contribution in [1.82, 2.24) is 0 Å². The van der Waals surface area contributed by atoms with Crippen LogP contribution in [0.5, 0.6) is 0 Å². The summed E-state index contributed by atoms with van der Waals surface area (Å²) in [6.07, 6.45) is -6.09. The van der Waals surface area contributed by atoms with Gasteiger partial charge in [-0.3, -0.25) is 18.6 Å². The molecule has 1 saturated heterocycles. The maximum absolute atomic E-state index is 12.8. The monoisotopic (exact) mass is 522 g/mol. The Kier molecular flexibility index (Phi) is 7.28. The van der Waals surface area contributed by atoms with Crippen molar-refractivity contribution in [3.05, 3.63) is 29.8 Å². The third-order valence-corrected chi connectivity index (χ3v) is 7.17. The molecule has 6 atom stereocenters. The first kappa shape index (κ1) is 25.7. The Balaban J connectivity index is 2.65. The van der Waals surface area contributed by atoms with Crippen LogP contribution in [-0.2, 0) is 33.4 Å². The van der Waals surface area contributed by atoms with Crippen LogP contribution in [0, 0.1) is 6.92 Å². The van der Waals surface area contributed by atoms with E-state index < -0.39 is 62.0 Å². The third kappa shape index (κ3) is 4.25. The molecule has 12 heteroatoms. The fraction of sp³-hybridized carbons (Fsp3) is 0.526. The number of hydrogen-bond donors (Lipinski definition) is 3. The summed E-state index contributed by atoms with van der Waals surface area (Å²) in [7, 11) is -4.62. The SMILES string of the molecule is CC(=O)[C@@]1(O)[C@@H](C(=O)C(C)O)OC(Br)[C@H](OS(=O)(=O)c2ccc(C)cc2)[C@]1(O)C(C)=O. The number of rotatable bonds is 7. The molecule has 1 aliphatic rings. The lowest BCUT2D eigenvalue weighted by molar-refractivity contribution is -0.266. The summed E-state index contributed by atoms with van der Waals surface area (Å²) in [5.74, 6) is -3.74. The van der Waals surface area contributed by atoms with E-state index in [1.54, 1.807) is 6.92 Å². The minimum atomic E-state index is -4.62. The minimum Gasteiger partial charge on any atom is -0.386 e. The van der Waals surface area contributed by atoms with E-state index in [1.807, 2.05) is 0 Å². The van der Waals surface area contributed by atoms with Gasteiger partial charge >= 0.3 is 0 Å². The van der Waals surface area contributed by atoms with Gasteiger partial charge in [0, 0.05) is 0 Å². The Morgan fingerprint density at radius 2 is 1.58 bits per heavy atom. The first-order valence-corrected chi connectivity index (χ1v) is 11.4. The van der Waals surface area contributed by atoms with Crippen LogP contribution in [0.1, 0.15) is 26.3 Å². The van der Waals surface area contributed by atoms with Crippen molar-refractivity contribution in [1.29, 1.82) is 0 Å². The molecule has 0 bridgehead atoms. The average Bonchev–Trinajstić information content (AvgIpc) is 2.67. The number of carbonyl (C=O) groups is 3. The predicted molar refractivity (Wildman–Crippen MR) is 109 cm³/mol. The van der Waals surface area contributed by atoms with Crippen molar-refractivity contribution in [2.24, 2.45) is 0 Å². The molecule has 172 valence electrons. The van der Waals surface area contributed by atoms with Gasteiger partial charge in [0.1, 0.15) is 11.1 Å². The molecule has 1 heterocycles. The van der Waals surface area contributed by atoms with Gasteiger partial charge in [-0.2, -0.15) is 8.42 Å². The third-order valence-electron chi connectivity index (χ3n) is 5.16. The largest absolute Gasteiger partial charge is 0.386 e. The van der Waals surface area contributed by atoms with E-state index in [1.165, 1.54) is 24.3 Å². The highest BCUT2D eigenvalue weighted by Gasteiger charge is 2.72. The molecule has 1 aromatic carbocycles. The number of aliphatic hydroxyl groups is 3. The number of Topliss-reactive ketones (excluding diaryl/α,β-unsaturated/α-hetero) is 3. The predicted octanol–water partition coefficient (Wildman–Crippen LogP) is -0.221. The Morgan fingerprint density at radius 1 is 1.10 bits per heavy atom. The Labute approximate surface area is 187 Å². The smallest absolute Gasteiger partial charge is 0.297 e. The van der Waals surface area contributed by atoms with E-state index in [9.17, 15) is 38.1 Å². The molecule has 1 fully saturated rings. The highest BCUT2D eigenvalue weighted by Crippen LogP contribution is 2.44. The number of aryl methyl sites for hydroxylation is 1. The topological polar surface area (TPSA) is 164 Å². The van der Waals surface area contributed by atoms with E-state index in [0.717, 1.165) is 26.3 Å². The van der Waals surface area contributed by atoms with Gasteiger partial charge in [0.05, 0.1) is 4.90 Å². The zero-order valence-electron chi connectivity index (χ0n) is 17.1. The van der Waals surface area contributed by atoms with Crippen molar-refractivity contribution in [3.8, 4) is 0 Å². The second-order valence-corrected chi connectivity index (χ2v) is 9.85. The lowest BCUT2D eigenvalue weighted by Gasteiger charge is -2.52. The quantitative estimate of drug-likeness (QED) is 0.321. The summed E-state index contributed by atoms with van der Waals surface area (Å²) in [6, 6.07) is 5.42. The molecule has 0 spiro atoms. The summed E-state index contributed by atoms with van der Waals surface area (Å²) in [4.78, 5) is 37.0. The number of halogens is 1. The van der Waals surface area contributed by atoms with E-state index in [0.29, 0.717) is 0 Å². The number of alkyl halides is 1. The van der Waals surface area contributed by atoms with Gasteiger partial charge in [0.2, 0.25) is 0 Å². The standard InChI is InChI=1S/C19H23BrO10S/c1-9-5-7-13(8-6-9)31(27,28)30-16-17(20)29-15(14(24)10(2)21)18(25,11(3)22)19(16,26)12(4)23/h5-8,10,15-17,21,25-26H,1-4H3/t10?,15-,16+,17?,18-,19-/m1/s1. The fourth-order valence-corrected chi connectivity index (χ4v) is 5.27. The molecule has 0 saturated carbocycles. The van der Waals surface area contributed by atoms with Crippen LogP contribution in [0.25, 0.3) is 0 Å². The fourth-order valence-electron chi connectivity index (χ4n) is 3.33. The Morgan fingerprint density at radius 3 is 2.00 bits per heavy atom. The zero-order chi connectivity index (χ0) is 23.9. The van der Waals surface area contributed by atoms with Crippen molar-refractivity contribution in [2.75, 3.05) is 0 Å². The maximum atomic E-state index is 12.8. The van der Waals surface area contributed by atoms with E-state index >= 15 is 0 Å². The van der Waals surface area contributed by atoms with Gasteiger partial charge in [-0.1, -0.05) is 33.6 Å². The average molecular weight is 523 g/mol. The molecular weight excluding hydrogens is 500 g/mol. The summed E-state index contributed by atoms with van der Waals surface area (Å²) < 4.78 is 35.9. The van der Waals surface area contributed by atoms with Crippen LogP contribution in [0.15, 0.2) is 29.2 Å². The summed E-state index contributed by atoms with van der Waals surface area (Å²) >= 11 is 2.91. The molecule has 1 aliphatic heterocycles. The van der Waals surface area contributed by atoms with Crippen molar-refractivity contribution in [2.45, 2.75) is 67.1 Å². The van der Waals surface area contributed by atoms with Crippen LogP contribution in [0.2, 0.25) is 0 Å². The first-order valence-electron chi connectivity index (χ1n) is 9.08. The number of hydrogen-bond acceptors (Lipinski definition) is 10. The van der Waals surface area contributed by atoms with Crippen LogP contribution in [0.3, 0.4) is 0 Å². The highest BCUT2D eigenvalue weighted by molar-refractivity contribution is 9.09. The molecule has 0 radical (unpaired) electrons. The minimum absolute atomic E-state index is 0.322. The molecule has 0 aliphatic carbocycles. The van der Waals surface area contributed by atoms with Crippen LogP contribution < -0.4 is 0 Å². The lowest BCUT2D eigenvalue weighted by atomic mass is 9.67. The molecule has 1 aromatic rings. The van der Waals surface area contributed by atoms with E-state index in [4.69, 9.17) is 8.92 Å².